The molecule has 0 atom stereocenters. The first-order valence-corrected chi connectivity index (χ1v) is 21.0. The number of allylic oxidation sites excluding steroid dienone is 1. The molecule has 55 heavy (non-hydrogen) atoms. The zero-order valence-corrected chi connectivity index (χ0v) is 31.2. The van der Waals surface area contributed by atoms with E-state index in [0.717, 1.165) is 21.2 Å². The van der Waals surface area contributed by atoms with Crippen molar-refractivity contribution in [2.45, 2.75) is 0 Å². The number of carbonyl (C=O) groups excluding carboxylic acids is 1. The molecule has 2 nitrogen and oxygen atoms in total. The molecular weight excluding hydrogens is 732 g/mol. The molecule has 0 aliphatic carbocycles. The second-order valence-electron chi connectivity index (χ2n) is 12.6. The Morgan fingerprint density at radius 1 is 0.509 bits per heavy atom. The van der Waals surface area contributed by atoms with Crippen molar-refractivity contribution in [3.63, 3.8) is 0 Å². The van der Waals surface area contributed by atoms with E-state index in [1.807, 2.05) is 97.1 Å². The molecule has 0 saturated heterocycles. The highest BCUT2D eigenvalue weighted by molar-refractivity contribution is 7.97. The van der Waals surface area contributed by atoms with E-state index in [-0.39, 0.29) is 11.9 Å². The van der Waals surface area contributed by atoms with Gasteiger partial charge in [0.15, 0.2) is 29.6 Å². The zero-order valence-electron chi connectivity index (χ0n) is 29.4. The molecule has 7 rings (SSSR count). The van der Waals surface area contributed by atoms with Gasteiger partial charge in [0, 0.05) is 5.57 Å². The van der Waals surface area contributed by atoms with Crippen molar-refractivity contribution in [3.8, 4) is 0 Å². The first kappa shape index (κ1) is 37.5. The molecule has 0 N–H and O–H groups in total. The number of carbonyl (C=O) groups is 1. The summed E-state index contributed by atoms with van der Waals surface area (Å²) in [5.41, 5.74) is -1.08. The van der Waals surface area contributed by atoms with Crippen LogP contribution in [0.5, 0.6) is 0 Å². The average Bonchev–Trinajstić information content (AvgIpc) is 3.25. The van der Waals surface area contributed by atoms with Crippen molar-refractivity contribution in [1.82, 2.24) is 0 Å². The molecule has 0 unspecified atom stereocenters. The summed E-state index contributed by atoms with van der Waals surface area (Å²) in [4.78, 5) is 11.7. The van der Waals surface area contributed by atoms with Crippen molar-refractivity contribution in [3.05, 3.63) is 228 Å². The summed E-state index contributed by atoms with van der Waals surface area (Å²) >= 11 is 0. The molecule has 0 aliphatic rings. The Balaban J connectivity index is 1.60. The minimum Gasteiger partial charge on any atom is -0.298 e. The predicted molar refractivity (Wildman–Crippen MR) is 222 cm³/mol. The van der Waals surface area contributed by atoms with E-state index < -0.39 is 49.7 Å². The number of rotatable bonds is 12. The van der Waals surface area contributed by atoms with Crippen LogP contribution >= 0.6 is 15.3 Å². The van der Waals surface area contributed by atoms with Gasteiger partial charge in [0.25, 0.3) is 0 Å². The highest BCUT2D eigenvalue weighted by Crippen LogP contribution is 2.65. The molecule has 0 aromatic heterocycles. The molecule has 270 valence electrons. The van der Waals surface area contributed by atoms with Crippen LogP contribution in [-0.2, 0) is 0 Å². The first-order valence-electron chi connectivity index (χ1n) is 17.5. The van der Waals surface area contributed by atoms with Gasteiger partial charge in [-0.05, 0) is 59.5 Å². The molecular formula is C47H34F4NOP2+. The largest absolute Gasteiger partial charge is 0.298 e. The Bertz CT molecular complexity index is 2300. The third-order valence-electron chi connectivity index (χ3n) is 9.31. The molecule has 0 spiro atoms. The predicted octanol–water partition coefficient (Wildman–Crippen LogP) is 10.8. The van der Waals surface area contributed by atoms with Crippen molar-refractivity contribution < 1.29 is 22.4 Å². The third kappa shape index (κ3) is 7.75. The molecule has 0 bridgehead atoms. The lowest BCUT2D eigenvalue weighted by molar-refractivity contribution is 0.111. The highest BCUT2D eigenvalue weighted by atomic mass is 31.2. The van der Waals surface area contributed by atoms with E-state index in [2.05, 4.69) is 24.3 Å². The van der Waals surface area contributed by atoms with Crippen LogP contribution in [0.3, 0.4) is 0 Å². The summed E-state index contributed by atoms with van der Waals surface area (Å²) in [7, 11) is -4.07. The molecule has 0 fully saturated rings. The quantitative estimate of drug-likeness (QED) is 0.0304. The highest BCUT2D eigenvalue weighted by Gasteiger charge is 2.46. The number of aldehydes is 1. The van der Waals surface area contributed by atoms with Gasteiger partial charge in [0.2, 0.25) is 7.41 Å². The zero-order chi connectivity index (χ0) is 38.2. The average molecular weight is 767 g/mol. The number of hydrogen-bond acceptors (Lipinski definition) is 2. The van der Waals surface area contributed by atoms with Crippen LogP contribution in [0.4, 0.5) is 17.6 Å². The van der Waals surface area contributed by atoms with Gasteiger partial charge in [-0.15, -0.1) is 4.76 Å². The van der Waals surface area contributed by atoms with Crippen molar-refractivity contribution >= 4 is 60.2 Å². The lowest BCUT2D eigenvalue weighted by Crippen LogP contribution is -2.26. The molecule has 0 aliphatic heterocycles. The normalized spacial score (nSPS) is 11.5. The Morgan fingerprint density at radius 3 is 1.25 bits per heavy atom. The monoisotopic (exact) mass is 766 g/mol. The molecule has 7 aromatic carbocycles. The smallest absolute Gasteiger partial charge is 0.202 e. The second kappa shape index (κ2) is 17.1. The number of benzene rings is 7. The van der Waals surface area contributed by atoms with Crippen molar-refractivity contribution in [2.75, 3.05) is 5.90 Å². The van der Waals surface area contributed by atoms with E-state index in [9.17, 15) is 4.79 Å². The Hall–Kier alpha value is -5.80. The fourth-order valence-corrected chi connectivity index (χ4v) is 14.8. The van der Waals surface area contributed by atoms with Gasteiger partial charge in [-0.3, -0.25) is 4.79 Å². The van der Waals surface area contributed by atoms with Gasteiger partial charge in [0.1, 0.15) is 16.5 Å². The van der Waals surface area contributed by atoms with Crippen LogP contribution in [0.1, 0.15) is 27.0 Å². The van der Waals surface area contributed by atoms with Gasteiger partial charge >= 0.3 is 0 Å². The Morgan fingerprint density at radius 2 is 0.873 bits per heavy atom. The maximum absolute atomic E-state index is 16.4. The molecule has 8 heteroatoms. The summed E-state index contributed by atoms with van der Waals surface area (Å²) < 4.78 is 69.6. The number of hydrogen-bond donors (Lipinski definition) is 0. The molecule has 0 radical (unpaired) electrons. The van der Waals surface area contributed by atoms with Gasteiger partial charge < -0.3 is 0 Å². The lowest BCUT2D eigenvalue weighted by Gasteiger charge is -2.28. The van der Waals surface area contributed by atoms with Gasteiger partial charge in [-0.25, -0.2) is 17.6 Å². The maximum Gasteiger partial charge on any atom is 0.202 e. The summed E-state index contributed by atoms with van der Waals surface area (Å²) in [5, 5.41) is 4.05. The van der Waals surface area contributed by atoms with Crippen LogP contribution in [0.25, 0.3) is 11.1 Å². The molecule has 0 amide bonds. The van der Waals surface area contributed by atoms with Crippen LogP contribution in [-0.4, -0.2) is 18.4 Å². The second-order valence-corrected chi connectivity index (χ2v) is 18.4. The van der Waals surface area contributed by atoms with Crippen LogP contribution < -0.4 is 21.2 Å². The van der Waals surface area contributed by atoms with Crippen LogP contribution in [0, 0.1) is 23.3 Å². The number of halogens is 4. The standard InChI is InChI=1S/C47H34F4NOP2/c48-44-41(32-53)45(49)47(51)43(46(44)50)40(42(34-19-7-1-8-20-34)35-21-9-2-10-22-35)31-52-55(38-27-15-5-16-28-38,39-29-17-6-18-30-39)33-54(36-23-11-3-12-24-36)37-25-13-4-14-26-37/h1-32H,33H2/q+1/b52-31+. The summed E-state index contributed by atoms with van der Waals surface area (Å²) in [6.45, 7) is 0. The summed E-state index contributed by atoms with van der Waals surface area (Å²) in [6.07, 6.45) is 1.18. The van der Waals surface area contributed by atoms with E-state index in [4.69, 9.17) is 4.76 Å². The first-order chi connectivity index (χ1) is 26.9. The van der Waals surface area contributed by atoms with Crippen LogP contribution in [0.2, 0.25) is 0 Å². The molecule has 7 aromatic rings. The van der Waals surface area contributed by atoms with Crippen molar-refractivity contribution in [2.24, 2.45) is 4.76 Å². The van der Waals surface area contributed by atoms with Gasteiger partial charge in [0.05, 0.1) is 17.3 Å². The fraction of sp³-hybridized carbons (Fsp3) is 0.0213. The third-order valence-corrected chi connectivity index (χ3v) is 16.7. The summed E-state index contributed by atoms with van der Waals surface area (Å²) in [5.74, 6) is -6.41. The summed E-state index contributed by atoms with van der Waals surface area (Å²) in [6, 6.07) is 57.8. The lowest BCUT2D eigenvalue weighted by atomic mass is 9.89. The van der Waals surface area contributed by atoms with E-state index in [0.29, 0.717) is 22.6 Å². The number of nitrogens with zero attached hydrogens (tertiary/aromatic N) is 1. The van der Waals surface area contributed by atoms with Crippen molar-refractivity contribution in [1.29, 1.82) is 0 Å². The maximum atomic E-state index is 16.4. The fourth-order valence-electron chi connectivity index (χ4n) is 6.65. The van der Waals surface area contributed by atoms with E-state index >= 15 is 17.6 Å². The SMILES string of the molecule is O=Cc1c(F)c(F)c(C(/C=N/[P+](CP(c2ccccc2)c2ccccc2)(c2ccccc2)c2ccccc2)=C(c2ccccc2)c2ccccc2)c(F)c1F. The van der Waals surface area contributed by atoms with Crippen LogP contribution in [0.15, 0.2) is 187 Å². The minimum atomic E-state index is -2.98. The minimum absolute atomic E-state index is 0.178. The molecule has 0 saturated carbocycles. The Labute approximate surface area is 319 Å². The topological polar surface area (TPSA) is 29.4 Å². The van der Waals surface area contributed by atoms with E-state index in [1.165, 1.54) is 6.21 Å². The van der Waals surface area contributed by atoms with Gasteiger partial charge in [-0.1, -0.05) is 158 Å². The van der Waals surface area contributed by atoms with E-state index in [1.54, 1.807) is 60.7 Å². The Kier molecular flexibility index (Phi) is 11.7. The molecule has 0 heterocycles. The van der Waals surface area contributed by atoms with Gasteiger partial charge in [-0.2, -0.15) is 0 Å².